The van der Waals surface area contributed by atoms with Crippen molar-refractivity contribution in [3.8, 4) is 11.4 Å². The topological polar surface area (TPSA) is 105 Å². The van der Waals surface area contributed by atoms with Gasteiger partial charge in [-0.25, -0.2) is 8.42 Å². The highest BCUT2D eigenvalue weighted by Gasteiger charge is 2.34. The Morgan fingerprint density at radius 2 is 1.71 bits per heavy atom. The molecule has 1 saturated heterocycles. The quantitative estimate of drug-likeness (QED) is 0.550. The molecule has 1 amide bonds. The standard InChI is InChI=1S/C25H30N4O4S/c1-17(2)22(28-34(31,32)21-11-9-18(3)10-12-21)25(30)29-15-13-20(14-16-29)24-26-23(27-33-24)19-7-5-4-6-8-19/h4-12,17,20,22,28H,13-16H2,1-3H3/t22-/m0/s1. The van der Waals surface area contributed by atoms with Gasteiger partial charge in [0, 0.05) is 24.6 Å². The van der Waals surface area contributed by atoms with E-state index in [1.165, 1.54) is 0 Å². The third kappa shape index (κ3) is 5.37. The highest BCUT2D eigenvalue weighted by Crippen LogP contribution is 2.29. The van der Waals surface area contributed by atoms with E-state index in [0.29, 0.717) is 37.6 Å². The minimum atomic E-state index is -3.81. The number of amides is 1. The van der Waals surface area contributed by atoms with Crippen molar-refractivity contribution in [1.82, 2.24) is 19.8 Å². The van der Waals surface area contributed by atoms with Gasteiger partial charge < -0.3 is 9.42 Å². The molecule has 1 aliphatic heterocycles. The number of benzene rings is 2. The van der Waals surface area contributed by atoms with E-state index in [9.17, 15) is 13.2 Å². The third-order valence-electron chi connectivity index (χ3n) is 6.18. The lowest BCUT2D eigenvalue weighted by atomic mass is 9.95. The zero-order valence-corrected chi connectivity index (χ0v) is 20.5. The second-order valence-corrected chi connectivity index (χ2v) is 10.8. The fourth-order valence-corrected chi connectivity index (χ4v) is 5.41. The van der Waals surface area contributed by atoms with E-state index in [0.717, 1.165) is 11.1 Å². The van der Waals surface area contributed by atoms with Crippen molar-refractivity contribution in [2.75, 3.05) is 13.1 Å². The van der Waals surface area contributed by atoms with Crippen LogP contribution in [-0.2, 0) is 14.8 Å². The summed E-state index contributed by atoms with van der Waals surface area (Å²) in [4.78, 5) is 19.7. The number of carbonyl (C=O) groups is 1. The second kappa shape index (κ2) is 10.1. The molecule has 0 radical (unpaired) electrons. The molecule has 0 spiro atoms. The van der Waals surface area contributed by atoms with E-state index in [-0.39, 0.29) is 22.6 Å². The largest absolute Gasteiger partial charge is 0.341 e. The van der Waals surface area contributed by atoms with Crippen LogP contribution < -0.4 is 4.72 Å². The summed E-state index contributed by atoms with van der Waals surface area (Å²) in [5.41, 5.74) is 1.86. The van der Waals surface area contributed by atoms with Gasteiger partial charge >= 0.3 is 0 Å². The van der Waals surface area contributed by atoms with Crippen molar-refractivity contribution in [3.63, 3.8) is 0 Å². The molecule has 0 saturated carbocycles. The number of hydrogen-bond donors (Lipinski definition) is 1. The Morgan fingerprint density at radius 1 is 1.06 bits per heavy atom. The van der Waals surface area contributed by atoms with Crippen molar-refractivity contribution in [1.29, 1.82) is 0 Å². The number of piperidine rings is 1. The van der Waals surface area contributed by atoms with Gasteiger partial charge in [-0.05, 0) is 37.8 Å². The average molecular weight is 483 g/mol. The maximum Gasteiger partial charge on any atom is 0.241 e. The predicted molar refractivity (Wildman–Crippen MR) is 128 cm³/mol. The molecule has 2 heterocycles. The molecular weight excluding hydrogens is 452 g/mol. The van der Waals surface area contributed by atoms with Crippen LogP contribution in [0.2, 0.25) is 0 Å². The minimum absolute atomic E-state index is 0.0655. The Bertz CT molecular complexity index is 1220. The molecule has 9 heteroatoms. The van der Waals surface area contributed by atoms with Gasteiger partial charge in [-0.2, -0.15) is 9.71 Å². The smallest absolute Gasteiger partial charge is 0.241 e. The van der Waals surface area contributed by atoms with Crippen LogP contribution in [0.5, 0.6) is 0 Å². The number of aryl methyl sites for hydroxylation is 1. The normalized spacial score (nSPS) is 16.1. The molecule has 0 bridgehead atoms. The fourth-order valence-electron chi connectivity index (χ4n) is 4.07. The molecule has 180 valence electrons. The van der Waals surface area contributed by atoms with Crippen molar-refractivity contribution in [3.05, 3.63) is 66.1 Å². The summed E-state index contributed by atoms with van der Waals surface area (Å²) in [5.74, 6) is 0.788. The van der Waals surface area contributed by atoms with Gasteiger partial charge in [0.2, 0.25) is 27.6 Å². The Hall–Kier alpha value is -3.04. The summed E-state index contributed by atoms with van der Waals surface area (Å²) in [5, 5.41) is 4.10. The van der Waals surface area contributed by atoms with Crippen LogP contribution in [0, 0.1) is 12.8 Å². The number of nitrogens with one attached hydrogen (secondary N) is 1. The Balaban J connectivity index is 1.40. The van der Waals surface area contributed by atoms with Crippen molar-refractivity contribution in [2.24, 2.45) is 5.92 Å². The number of nitrogens with zero attached hydrogens (tertiary/aromatic N) is 3. The molecule has 3 aromatic rings. The van der Waals surface area contributed by atoms with E-state index in [1.54, 1.807) is 29.2 Å². The first-order valence-corrected chi connectivity index (χ1v) is 13.0. The number of likely N-dealkylation sites (tertiary alicyclic amines) is 1. The average Bonchev–Trinajstić information content (AvgIpc) is 3.33. The van der Waals surface area contributed by atoms with Crippen LogP contribution in [0.25, 0.3) is 11.4 Å². The van der Waals surface area contributed by atoms with Crippen molar-refractivity contribution >= 4 is 15.9 Å². The summed E-state index contributed by atoms with van der Waals surface area (Å²) in [6.07, 6.45) is 1.36. The van der Waals surface area contributed by atoms with Crippen LogP contribution in [0.15, 0.2) is 64.0 Å². The Labute approximate surface area is 200 Å². The zero-order chi connectivity index (χ0) is 24.3. The highest BCUT2D eigenvalue weighted by atomic mass is 32.2. The molecular formula is C25H30N4O4S. The number of hydrogen-bond acceptors (Lipinski definition) is 6. The lowest BCUT2D eigenvalue weighted by molar-refractivity contribution is -0.135. The minimum Gasteiger partial charge on any atom is -0.341 e. The molecule has 34 heavy (non-hydrogen) atoms. The predicted octanol–water partition coefficient (Wildman–Crippen LogP) is 3.75. The SMILES string of the molecule is Cc1ccc(S(=O)(=O)N[C@H](C(=O)N2CCC(c3nc(-c4ccccc4)no3)CC2)C(C)C)cc1. The number of carbonyl (C=O) groups excluding carboxylic acids is 1. The first-order chi connectivity index (χ1) is 16.2. The van der Waals surface area contributed by atoms with Gasteiger partial charge in [0.25, 0.3) is 0 Å². The first-order valence-electron chi connectivity index (χ1n) is 11.5. The van der Waals surface area contributed by atoms with Crippen LogP contribution >= 0.6 is 0 Å². The molecule has 8 nitrogen and oxygen atoms in total. The maximum absolute atomic E-state index is 13.3. The van der Waals surface area contributed by atoms with E-state index in [2.05, 4.69) is 14.9 Å². The van der Waals surface area contributed by atoms with Gasteiger partial charge in [-0.3, -0.25) is 4.79 Å². The van der Waals surface area contributed by atoms with E-state index < -0.39 is 16.1 Å². The molecule has 1 fully saturated rings. The molecule has 1 aromatic heterocycles. The van der Waals surface area contributed by atoms with Crippen molar-refractivity contribution < 1.29 is 17.7 Å². The van der Waals surface area contributed by atoms with Gasteiger partial charge in [0.15, 0.2) is 0 Å². The summed E-state index contributed by atoms with van der Waals surface area (Å²) in [7, 11) is -3.81. The second-order valence-electron chi connectivity index (χ2n) is 9.08. The van der Waals surface area contributed by atoms with Gasteiger partial charge in [0.1, 0.15) is 6.04 Å². The summed E-state index contributed by atoms with van der Waals surface area (Å²) >= 11 is 0. The molecule has 0 unspecified atom stereocenters. The zero-order valence-electron chi connectivity index (χ0n) is 19.6. The summed E-state index contributed by atoms with van der Waals surface area (Å²) < 4.78 is 33.9. The molecule has 1 aliphatic rings. The number of aromatic nitrogens is 2. The van der Waals surface area contributed by atoms with Gasteiger partial charge in [-0.15, -0.1) is 0 Å². The van der Waals surface area contributed by atoms with E-state index >= 15 is 0 Å². The summed E-state index contributed by atoms with van der Waals surface area (Å²) in [6.45, 7) is 6.59. The van der Waals surface area contributed by atoms with E-state index in [1.807, 2.05) is 51.1 Å². The van der Waals surface area contributed by atoms with Crippen LogP contribution in [-0.4, -0.2) is 48.5 Å². The first kappa shape index (κ1) is 24.1. The lowest BCUT2D eigenvalue weighted by Crippen LogP contribution is -2.52. The third-order valence-corrected chi connectivity index (χ3v) is 7.63. The molecule has 4 rings (SSSR count). The van der Waals surface area contributed by atoms with Crippen LogP contribution in [0.3, 0.4) is 0 Å². The van der Waals surface area contributed by atoms with Crippen LogP contribution in [0.4, 0.5) is 0 Å². The van der Waals surface area contributed by atoms with Crippen LogP contribution in [0.1, 0.15) is 44.1 Å². The van der Waals surface area contributed by atoms with Gasteiger partial charge in [0.05, 0.1) is 4.90 Å². The fraction of sp³-hybridized carbons (Fsp3) is 0.400. The van der Waals surface area contributed by atoms with Gasteiger partial charge in [-0.1, -0.05) is 67.0 Å². The van der Waals surface area contributed by atoms with Crippen molar-refractivity contribution in [2.45, 2.75) is 50.5 Å². The Morgan fingerprint density at radius 3 is 2.32 bits per heavy atom. The lowest BCUT2D eigenvalue weighted by Gasteiger charge is -2.34. The highest BCUT2D eigenvalue weighted by molar-refractivity contribution is 7.89. The summed E-state index contributed by atoms with van der Waals surface area (Å²) in [6, 6.07) is 15.4. The molecule has 1 N–H and O–H groups in total. The maximum atomic E-state index is 13.3. The Kier molecular flexibility index (Phi) is 7.13. The molecule has 0 aliphatic carbocycles. The number of rotatable bonds is 7. The number of sulfonamides is 1. The van der Waals surface area contributed by atoms with E-state index in [4.69, 9.17) is 4.52 Å². The molecule has 2 aromatic carbocycles. The molecule has 1 atom stereocenters. The monoisotopic (exact) mass is 482 g/mol.